The van der Waals surface area contributed by atoms with Crippen LogP contribution in [-0.4, -0.2) is 28.9 Å². The molecule has 2 unspecified atom stereocenters. The van der Waals surface area contributed by atoms with Gasteiger partial charge >= 0.3 is 6.09 Å². The van der Waals surface area contributed by atoms with Crippen LogP contribution in [0.15, 0.2) is 12.7 Å². The van der Waals surface area contributed by atoms with Gasteiger partial charge in [0.2, 0.25) is 0 Å². The number of rotatable bonds is 4. The van der Waals surface area contributed by atoms with Crippen LogP contribution in [-0.2, 0) is 4.74 Å². The zero-order chi connectivity index (χ0) is 12.1. The number of carbonyl (C=O) groups excluding carboxylic acids is 1. The Kier molecular flexibility index (Phi) is 5.36. The van der Waals surface area contributed by atoms with Gasteiger partial charge in [0.1, 0.15) is 5.60 Å². The van der Waals surface area contributed by atoms with Crippen molar-refractivity contribution < 1.29 is 14.6 Å². The van der Waals surface area contributed by atoms with Crippen LogP contribution in [0.25, 0.3) is 0 Å². The normalized spacial score (nSPS) is 15.3. The standard InChI is InChI=1S/C11H21NO3/c1-6-7-9(8(2)13)12-10(14)15-11(3,4)5/h6,8-9,13H,1,7H2,2-5H3,(H,12,14). The second kappa shape index (κ2) is 5.75. The highest BCUT2D eigenvalue weighted by atomic mass is 16.6. The van der Waals surface area contributed by atoms with E-state index in [1.54, 1.807) is 33.8 Å². The van der Waals surface area contributed by atoms with E-state index in [0.29, 0.717) is 6.42 Å². The van der Waals surface area contributed by atoms with Crippen LogP contribution in [0, 0.1) is 0 Å². The second-order valence-electron chi connectivity index (χ2n) is 4.52. The maximum Gasteiger partial charge on any atom is 0.407 e. The first-order chi connectivity index (χ1) is 6.76. The van der Waals surface area contributed by atoms with E-state index in [4.69, 9.17) is 4.74 Å². The molecule has 2 N–H and O–H groups in total. The first kappa shape index (κ1) is 14.0. The maximum absolute atomic E-state index is 11.4. The average Bonchev–Trinajstić information content (AvgIpc) is 1.99. The monoisotopic (exact) mass is 215 g/mol. The zero-order valence-corrected chi connectivity index (χ0v) is 9.91. The third kappa shape index (κ3) is 6.96. The molecule has 0 heterocycles. The summed E-state index contributed by atoms with van der Waals surface area (Å²) in [6.45, 7) is 10.5. The number of hydrogen-bond acceptors (Lipinski definition) is 3. The maximum atomic E-state index is 11.4. The van der Waals surface area contributed by atoms with Gasteiger partial charge in [-0.2, -0.15) is 0 Å². The topological polar surface area (TPSA) is 58.6 Å². The molecule has 0 saturated heterocycles. The van der Waals surface area contributed by atoms with Crippen molar-refractivity contribution in [1.29, 1.82) is 0 Å². The van der Waals surface area contributed by atoms with Gasteiger partial charge in [-0.1, -0.05) is 6.08 Å². The Morgan fingerprint density at radius 2 is 2.13 bits per heavy atom. The molecule has 4 heteroatoms. The van der Waals surface area contributed by atoms with Gasteiger partial charge in [-0.15, -0.1) is 6.58 Å². The lowest BCUT2D eigenvalue weighted by Gasteiger charge is -2.24. The van der Waals surface area contributed by atoms with Crippen molar-refractivity contribution in [2.45, 2.75) is 51.9 Å². The molecule has 0 rings (SSSR count). The van der Waals surface area contributed by atoms with Crippen molar-refractivity contribution in [1.82, 2.24) is 5.32 Å². The van der Waals surface area contributed by atoms with Gasteiger partial charge in [-0.05, 0) is 34.1 Å². The molecule has 0 aromatic rings. The molecule has 0 fully saturated rings. The minimum Gasteiger partial charge on any atom is -0.444 e. The Morgan fingerprint density at radius 3 is 2.47 bits per heavy atom. The summed E-state index contributed by atoms with van der Waals surface area (Å²) in [6, 6.07) is -0.350. The summed E-state index contributed by atoms with van der Waals surface area (Å²) in [5.74, 6) is 0. The smallest absolute Gasteiger partial charge is 0.407 e. The summed E-state index contributed by atoms with van der Waals surface area (Å²) in [5, 5.41) is 12.0. The molecule has 1 amide bonds. The summed E-state index contributed by atoms with van der Waals surface area (Å²) in [7, 11) is 0. The van der Waals surface area contributed by atoms with Gasteiger partial charge in [0.15, 0.2) is 0 Å². The number of carbonyl (C=O) groups is 1. The van der Waals surface area contributed by atoms with Crippen LogP contribution in [0.1, 0.15) is 34.1 Å². The zero-order valence-electron chi connectivity index (χ0n) is 9.91. The molecule has 4 nitrogen and oxygen atoms in total. The van der Waals surface area contributed by atoms with E-state index in [1.165, 1.54) is 0 Å². The molecule has 15 heavy (non-hydrogen) atoms. The summed E-state index contributed by atoms with van der Waals surface area (Å²) >= 11 is 0. The van der Waals surface area contributed by atoms with Gasteiger partial charge in [0, 0.05) is 0 Å². The van der Waals surface area contributed by atoms with E-state index in [2.05, 4.69) is 11.9 Å². The molecular formula is C11H21NO3. The molecular weight excluding hydrogens is 194 g/mol. The first-order valence-corrected chi connectivity index (χ1v) is 5.04. The molecule has 0 bridgehead atoms. The van der Waals surface area contributed by atoms with Crippen LogP contribution >= 0.6 is 0 Å². The van der Waals surface area contributed by atoms with Gasteiger partial charge < -0.3 is 15.2 Å². The minimum atomic E-state index is -0.629. The SMILES string of the molecule is C=CCC(NC(=O)OC(C)(C)C)C(C)O. The van der Waals surface area contributed by atoms with Crippen molar-refractivity contribution >= 4 is 6.09 Å². The molecule has 0 aromatic carbocycles. The molecule has 0 aliphatic heterocycles. The van der Waals surface area contributed by atoms with Crippen molar-refractivity contribution in [3.8, 4) is 0 Å². The van der Waals surface area contributed by atoms with Crippen LogP contribution in [0.2, 0.25) is 0 Å². The molecule has 0 radical (unpaired) electrons. The third-order valence-corrected chi connectivity index (χ3v) is 1.71. The largest absolute Gasteiger partial charge is 0.444 e. The Labute approximate surface area is 91.3 Å². The van der Waals surface area contributed by atoms with Gasteiger partial charge in [-0.3, -0.25) is 0 Å². The minimum absolute atomic E-state index is 0.350. The number of ether oxygens (including phenoxy) is 1. The van der Waals surface area contributed by atoms with E-state index < -0.39 is 17.8 Å². The van der Waals surface area contributed by atoms with E-state index in [9.17, 15) is 9.90 Å². The van der Waals surface area contributed by atoms with Crippen LogP contribution < -0.4 is 5.32 Å². The Balaban J connectivity index is 4.17. The Morgan fingerprint density at radius 1 is 1.60 bits per heavy atom. The lowest BCUT2D eigenvalue weighted by molar-refractivity contribution is 0.0439. The predicted molar refractivity (Wildman–Crippen MR) is 59.7 cm³/mol. The van der Waals surface area contributed by atoms with E-state index in [0.717, 1.165) is 0 Å². The fraction of sp³-hybridized carbons (Fsp3) is 0.727. The summed E-state index contributed by atoms with van der Waals surface area (Å²) in [4.78, 5) is 11.4. The number of hydrogen-bond donors (Lipinski definition) is 2. The first-order valence-electron chi connectivity index (χ1n) is 5.04. The molecule has 88 valence electrons. The fourth-order valence-electron chi connectivity index (χ4n) is 1.01. The quantitative estimate of drug-likeness (QED) is 0.703. The highest BCUT2D eigenvalue weighted by molar-refractivity contribution is 5.68. The summed E-state index contributed by atoms with van der Waals surface area (Å²) < 4.78 is 5.07. The van der Waals surface area contributed by atoms with Crippen molar-refractivity contribution in [2.24, 2.45) is 0 Å². The number of nitrogens with one attached hydrogen (secondary N) is 1. The number of aliphatic hydroxyl groups is 1. The molecule has 0 saturated carbocycles. The molecule has 0 spiro atoms. The van der Waals surface area contributed by atoms with Gasteiger partial charge in [0.05, 0.1) is 12.1 Å². The van der Waals surface area contributed by atoms with Crippen LogP contribution in [0.3, 0.4) is 0 Å². The predicted octanol–water partition coefficient (Wildman–Crippen LogP) is 1.84. The van der Waals surface area contributed by atoms with Gasteiger partial charge in [-0.25, -0.2) is 4.79 Å². The Hall–Kier alpha value is -1.03. The fourth-order valence-corrected chi connectivity index (χ4v) is 1.01. The average molecular weight is 215 g/mol. The number of amides is 1. The lowest BCUT2D eigenvalue weighted by Crippen LogP contribution is -2.44. The van der Waals surface area contributed by atoms with E-state index in [1.807, 2.05) is 0 Å². The van der Waals surface area contributed by atoms with Crippen LogP contribution in [0.4, 0.5) is 4.79 Å². The van der Waals surface area contributed by atoms with E-state index >= 15 is 0 Å². The Bertz CT molecular complexity index is 218. The third-order valence-electron chi connectivity index (χ3n) is 1.71. The second-order valence-corrected chi connectivity index (χ2v) is 4.52. The van der Waals surface area contributed by atoms with Crippen molar-refractivity contribution in [3.63, 3.8) is 0 Å². The van der Waals surface area contributed by atoms with Gasteiger partial charge in [0.25, 0.3) is 0 Å². The number of aliphatic hydroxyl groups excluding tert-OH is 1. The molecule has 0 aliphatic rings. The number of alkyl carbamates (subject to hydrolysis) is 1. The highest BCUT2D eigenvalue weighted by Gasteiger charge is 2.21. The van der Waals surface area contributed by atoms with Crippen molar-refractivity contribution in [2.75, 3.05) is 0 Å². The highest BCUT2D eigenvalue weighted by Crippen LogP contribution is 2.08. The van der Waals surface area contributed by atoms with Crippen molar-refractivity contribution in [3.05, 3.63) is 12.7 Å². The lowest BCUT2D eigenvalue weighted by atomic mass is 10.1. The van der Waals surface area contributed by atoms with Crippen LogP contribution in [0.5, 0.6) is 0 Å². The molecule has 0 aromatic heterocycles. The summed E-state index contributed by atoms with van der Waals surface area (Å²) in [5.41, 5.74) is -0.526. The molecule has 0 aliphatic carbocycles. The van der Waals surface area contributed by atoms with E-state index in [-0.39, 0.29) is 6.04 Å². The molecule has 2 atom stereocenters. The summed E-state index contributed by atoms with van der Waals surface area (Å²) in [6.07, 6.45) is 1.01.